The summed E-state index contributed by atoms with van der Waals surface area (Å²) >= 11 is 1.29. The molecule has 3 rings (SSSR count). The first-order valence-electron chi connectivity index (χ1n) is 6.62. The average molecular weight is 459 g/mol. The minimum absolute atomic E-state index is 0.794. The van der Waals surface area contributed by atoms with Gasteiger partial charge in [-0.2, -0.15) is 0 Å². The van der Waals surface area contributed by atoms with Crippen LogP contribution in [0, 0.1) is 0 Å². The van der Waals surface area contributed by atoms with Crippen molar-refractivity contribution in [1.82, 2.24) is 14.8 Å². The first-order chi connectivity index (χ1) is 10.8. The van der Waals surface area contributed by atoms with Crippen LogP contribution in [-0.2, 0) is 19.4 Å². The molecule has 1 aromatic carbocycles. The van der Waals surface area contributed by atoms with Crippen molar-refractivity contribution in [3.05, 3.63) is 60.6 Å². The zero-order valence-electron chi connectivity index (χ0n) is 11.6. The summed E-state index contributed by atoms with van der Waals surface area (Å²) in [7, 11) is 0. The molecule has 0 atom stereocenters. The average Bonchev–Trinajstić information content (AvgIpc) is 3.01. The van der Waals surface area contributed by atoms with Crippen molar-refractivity contribution in [2.45, 2.75) is 0 Å². The molecule has 2 aromatic heterocycles. The fraction of sp³-hybridized carbons (Fsp3) is 0. The summed E-state index contributed by atoms with van der Waals surface area (Å²) in [5.41, 5.74) is 9.33. The van der Waals surface area contributed by atoms with Crippen LogP contribution >= 0.6 is 0 Å². The minimum atomic E-state index is 0.794. The van der Waals surface area contributed by atoms with Crippen molar-refractivity contribution in [3.8, 4) is 5.69 Å². The Bertz CT molecular complexity index is 865. The molecule has 0 bridgehead atoms. The normalized spacial score (nSPS) is 12.1. The maximum atomic E-state index is 5.75. The standard InChI is InChI=1S/C16H13N5.W/c1-18-10-12(9-17)14-7-8-19-16-15(14)11-20-21(16)13-5-3-2-4-6-13;/h1-11H,17H2;. The quantitative estimate of drug-likeness (QED) is 0.608. The van der Waals surface area contributed by atoms with Gasteiger partial charge in [-0.25, -0.2) is 0 Å². The molecule has 0 aliphatic heterocycles. The van der Waals surface area contributed by atoms with Crippen LogP contribution in [0.4, 0.5) is 0 Å². The van der Waals surface area contributed by atoms with Gasteiger partial charge in [-0.15, -0.1) is 0 Å². The van der Waals surface area contributed by atoms with E-state index >= 15 is 0 Å². The van der Waals surface area contributed by atoms with Gasteiger partial charge in [0.1, 0.15) is 0 Å². The Morgan fingerprint density at radius 2 is 2.05 bits per heavy atom. The second kappa shape index (κ2) is 6.58. The molecule has 0 spiro atoms. The van der Waals surface area contributed by atoms with Crippen LogP contribution in [0.1, 0.15) is 5.56 Å². The molecule has 0 saturated heterocycles. The Morgan fingerprint density at radius 1 is 1.23 bits per heavy atom. The van der Waals surface area contributed by atoms with Gasteiger partial charge in [0, 0.05) is 0 Å². The van der Waals surface area contributed by atoms with Crippen molar-refractivity contribution in [3.63, 3.8) is 0 Å². The van der Waals surface area contributed by atoms with Crippen LogP contribution in [0.3, 0.4) is 0 Å². The molecule has 6 heteroatoms. The Labute approximate surface area is 138 Å². The fourth-order valence-electron chi connectivity index (χ4n) is 2.25. The van der Waals surface area contributed by atoms with Crippen LogP contribution in [0.25, 0.3) is 22.3 Å². The van der Waals surface area contributed by atoms with E-state index in [9.17, 15) is 0 Å². The van der Waals surface area contributed by atoms with Crippen molar-refractivity contribution >= 4 is 27.3 Å². The third kappa shape index (κ3) is 2.68. The Kier molecular flexibility index (Phi) is 4.35. The second-order valence-corrected chi connectivity index (χ2v) is 5.25. The summed E-state index contributed by atoms with van der Waals surface area (Å²) in [6.07, 6.45) is 6.87. The molecule has 0 aliphatic carbocycles. The molecule has 0 unspecified atom stereocenters. The van der Waals surface area contributed by atoms with Crippen LogP contribution in [0.5, 0.6) is 0 Å². The SMILES string of the molecule is NC=C(C=N[CH]=[W])c1ccnc2c1cnn2-c1ccccc1. The molecule has 22 heavy (non-hydrogen) atoms. The van der Waals surface area contributed by atoms with E-state index in [4.69, 9.17) is 5.73 Å². The van der Waals surface area contributed by atoms with E-state index in [1.165, 1.54) is 19.4 Å². The first-order valence-corrected chi connectivity index (χ1v) is 8.31. The molecular weight excluding hydrogens is 446 g/mol. The number of aromatic nitrogens is 3. The molecule has 0 aliphatic rings. The van der Waals surface area contributed by atoms with Gasteiger partial charge in [0.25, 0.3) is 0 Å². The zero-order chi connectivity index (χ0) is 15.4. The van der Waals surface area contributed by atoms with Gasteiger partial charge in [-0.1, -0.05) is 0 Å². The van der Waals surface area contributed by atoms with Crippen LogP contribution in [0.2, 0.25) is 0 Å². The molecule has 3 aromatic rings. The van der Waals surface area contributed by atoms with E-state index in [1.807, 2.05) is 47.3 Å². The zero-order valence-corrected chi connectivity index (χ0v) is 14.6. The number of hydrogen-bond donors (Lipinski definition) is 1. The predicted molar refractivity (Wildman–Crippen MR) is 85.6 cm³/mol. The summed E-state index contributed by atoms with van der Waals surface area (Å²) in [6, 6.07) is 11.8. The molecule has 2 N–H and O–H groups in total. The van der Waals surface area contributed by atoms with Crippen molar-refractivity contribution < 1.29 is 19.4 Å². The van der Waals surface area contributed by atoms with Gasteiger partial charge in [-0.05, 0) is 0 Å². The number of nitrogens with zero attached hydrogens (tertiary/aromatic N) is 4. The molecule has 0 fully saturated rings. The van der Waals surface area contributed by atoms with Crippen LogP contribution in [0.15, 0.2) is 60.0 Å². The summed E-state index contributed by atoms with van der Waals surface area (Å²) in [5.74, 6) is 0. The van der Waals surface area contributed by atoms with Crippen molar-refractivity contribution in [2.24, 2.45) is 10.7 Å². The summed E-state index contributed by atoms with van der Waals surface area (Å²) in [4.78, 5) is 8.64. The summed E-state index contributed by atoms with van der Waals surface area (Å²) in [6.45, 7) is 0. The Balaban J connectivity index is 2.18. The predicted octanol–water partition coefficient (Wildman–Crippen LogP) is 2.10. The number of benzene rings is 1. The molecule has 2 heterocycles. The third-order valence-electron chi connectivity index (χ3n) is 3.24. The number of nitrogens with two attached hydrogens (primary N) is 1. The summed E-state index contributed by atoms with van der Waals surface area (Å²) in [5, 5.41) is 5.40. The topological polar surface area (TPSA) is 69.1 Å². The van der Waals surface area contributed by atoms with Gasteiger partial charge in [0.2, 0.25) is 0 Å². The van der Waals surface area contributed by atoms with Crippen molar-refractivity contribution in [2.75, 3.05) is 0 Å². The number of pyridine rings is 1. The first kappa shape index (κ1) is 14.5. The molecule has 0 saturated carbocycles. The third-order valence-corrected chi connectivity index (χ3v) is 3.68. The van der Waals surface area contributed by atoms with Crippen molar-refractivity contribution in [1.29, 1.82) is 0 Å². The van der Waals surface area contributed by atoms with E-state index < -0.39 is 0 Å². The van der Waals surface area contributed by atoms with E-state index in [-0.39, 0.29) is 0 Å². The summed E-state index contributed by atoms with van der Waals surface area (Å²) < 4.78 is 3.62. The van der Waals surface area contributed by atoms with E-state index in [2.05, 4.69) is 15.1 Å². The molecule has 108 valence electrons. The monoisotopic (exact) mass is 459 g/mol. The molecule has 0 amide bonds. The van der Waals surface area contributed by atoms with E-state index in [1.54, 1.807) is 23.1 Å². The van der Waals surface area contributed by atoms with E-state index in [0.29, 0.717) is 0 Å². The number of rotatable bonds is 4. The Morgan fingerprint density at radius 3 is 2.77 bits per heavy atom. The number of fused-ring (bicyclic) bond motifs is 1. The molecule has 0 radical (unpaired) electrons. The number of allylic oxidation sites excluding steroid dienone is 1. The van der Waals surface area contributed by atoms with Gasteiger partial charge < -0.3 is 0 Å². The van der Waals surface area contributed by atoms with Gasteiger partial charge >= 0.3 is 138 Å². The van der Waals surface area contributed by atoms with Gasteiger partial charge in [0.05, 0.1) is 0 Å². The van der Waals surface area contributed by atoms with Gasteiger partial charge in [-0.3, -0.25) is 0 Å². The second-order valence-electron chi connectivity index (χ2n) is 4.49. The fourth-order valence-corrected chi connectivity index (χ4v) is 2.47. The van der Waals surface area contributed by atoms with Gasteiger partial charge in [0.15, 0.2) is 0 Å². The van der Waals surface area contributed by atoms with E-state index in [0.717, 1.165) is 27.9 Å². The van der Waals surface area contributed by atoms with Crippen LogP contribution < -0.4 is 5.73 Å². The number of para-hydroxylation sites is 1. The van der Waals surface area contributed by atoms with Crippen LogP contribution in [-0.4, -0.2) is 25.5 Å². The molecule has 5 nitrogen and oxygen atoms in total. The molecular formula is C16H13N5W. The maximum absolute atomic E-state index is 5.75. The number of hydrogen-bond acceptors (Lipinski definition) is 4. The Hall–Kier alpha value is -2.39. The number of aliphatic imine (C=N–C) groups is 1.